The van der Waals surface area contributed by atoms with Crippen LogP contribution in [0.15, 0.2) is 0 Å². The molecule has 0 aliphatic rings. The molecular weight excluding hydrogens is 222 g/mol. The number of aliphatic carboxylic acids is 1. The third kappa shape index (κ3) is 7.29. The smallest absolute Gasteiger partial charge is 0.305 e. The largest absolute Gasteiger partial charge is 0.481 e. The first kappa shape index (κ1) is 14.3. The molecule has 0 heterocycles. The van der Waals surface area contributed by atoms with Gasteiger partial charge >= 0.3 is 5.97 Å². The van der Waals surface area contributed by atoms with Gasteiger partial charge in [-0.25, -0.2) is 13.1 Å². The summed E-state index contributed by atoms with van der Waals surface area (Å²) >= 11 is 0. The van der Waals surface area contributed by atoms with Crippen molar-refractivity contribution in [2.75, 3.05) is 19.5 Å². The Bertz CT molecular complexity index is 309. The first-order valence-corrected chi connectivity index (χ1v) is 6.06. The van der Waals surface area contributed by atoms with E-state index in [4.69, 9.17) is 5.11 Å². The number of nitrogens with one attached hydrogen (secondary N) is 1. The van der Waals surface area contributed by atoms with E-state index in [9.17, 15) is 13.2 Å². The van der Waals surface area contributed by atoms with Crippen molar-refractivity contribution >= 4 is 16.0 Å². The minimum absolute atomic E-state index is 0.0818. The van der Waals surface area contributed by atoms with Gasteiger partial charge in [-0.2, -0.15) is 0 Å². The van der Waals surface area contributed by atoms with Crippen molar-refractivity contribution in [3.8, 4) is 0 Å². The lowest BCUT2D eigenvalue weighted by molar-refractivity contribution is -0.138. The van der Waals surface area contributed by atoms with Gasteiger partial charge in [0.1, 0.15) is 0 Å². The topological polar surface area (TPSA) is 92.7 Å². The van der Waals surface area contributed by atoms with Gasteiger partial charge in [-0.3, -0.25) is 4.79 Å². The fourth-order valence-corrected chi connectivity index (χ4v) is 2.48. The van der Waals surface area contributed by atoms with E-state index in [0.717, 1.165) is 0 Å². The van der Waals surface area contributed by atoms with Crippen LogP contribution in [0.1, 0.15) is 20.3 Å². The van der Waals surface area contributed by atoms with Crippen molar-refractivity contribution in [3.63, 3.8) is 0 Å². The Hall–Kier alpha value is -0.660. The number of carbonyl (C=O) groups is 1. The molecule has 0 fully saturated rings. The fourth-order valence-electron chi connectivity index (χ4n) is 1.08. The summed E-state index contributed by atoms with van der Waals surface area (Å²) < 4.78 is 29.8. The molecule has 0 rings (SSSR count). The van der Waals surface area contributed by atoms with Gasteiger partial charge in [0.2, 0.25) is 10.0 Å². The average molecular weight is 239 g/mol. The zero-order valence-electron chi connectivity index (χ0n) is 9.11. The summed E-state index contributed by atoms with van der Waals surface area (Å²) in [6.07, 6.45) is -0.265. The molecule has 0 bridgehead atoms. The number of carboxylic acids is 1. The molecule has 0 aromatic heterocycles. The summed E-state index contributed by atoms with van der Waals surface area (Å²) in [5.74, 6) is -1.22. The zero-order chi connectivity index (χ0) is 12.1. The Balaban J connectivity index is 4.37. The van der Waals surface area contributed by atoms with Crippen LogP contribution in [0.25, 0.3) is 0 Å². The monoisotopic (exact) mass is 239 g/mol. The molecule has 0 aliphatic heterocycles. The standard InChI is InChI=1S/C8H17NO5S/c1-8(2,6-7(10)11)9-15(12,13)5-4-14-3/h9H,4-6H2,1-3H3,(H,10,11). The lowest BCUT2D eigenvalue weighted by atomic mass is 10.0. The maximum Gasteiger partial charge on any atom is 0.305 e. The molecule has 0 amide bonds. The highest BCUT2D eigenvalue weighted by molar-refractivity contribution is 7.89. The quantitative estimate of drug-likeness (QED) is 0.642. The summed E-state index contributed by atoms with van der Waals surface area (Å²) in [5, 5.41) is 8.56. The molecule has 0 saturated carbocycles. The Morgan fingerprint density at radius 3 is 2.40 bits per heavy atom. The van der Waals surface area contributed by atoms with Crippen LogP contribution < -0.4 is 4.72 Å². The molecule has 0 aliphatic carbocycles. The van der Waals surface area contributed by atoms with E-state index < -0.39 is 21.5 Å². The predicted molar refractivity (Wildman–Crippen MR) is 55.1 cm³/mol. The van der Waals surface area contributed by atoms with Crippen LogP contribution in [0.3, 0.4) is 0 Å². The minimum atomic E-state index is -3.49. The van der Waals surface area contributed by atoms with Crippen LogP contribution in [0.4, 0.5) is 0 Å². The van der Waals surface area contributed by atoms with Gasteiger partial charge in [0.25, 0.3) is 0 Å². The first-order chi connectivity index (χ1) is 6.68. The molecule has 7 heteroatoms. The molecule has 0 spiro atoms. The molecule has 0 aromatic carbocycles. The number of hydrogen-bond acceptors (Lipinski definition) is 4. The highest BCUT2D eigenvalue weighted by atomic mass is 32.2. The van der Waals surface area contributed by atoms with Crippen LogP contribution >= 0.6 is 0 Å². The van der Waals surface area contributed by atoms with Crippen LogP contribution in [0.2, 0.25) is 0 Å². The lowest BCUT2D eigenvalue weighted by Crippen LogP contribution is -2.46. The summed E-state index contributed by atoms with van der Waals surface area (Å²) in [5.41, 5.74) is -0.988. The zero-order valence-corrected chi connectivity index (χ0v) is 9.93. The van der Waals surface area contributed by atoms with Crippen LogP contribution in [0, 0.1) is 0 Å². The third-order valence-electron chi connectivity index (χ3n) is 1.58. The van der Waals surface area contributed by atoms with Gasteiger partial charge in [-0.1, -0.05) is 0 Å². The normalized spacial score (nSPS) is 12.7. The molecule has 0 saturated heterocycles. The average Bonchev–Trinajstić information content (AvgIpc) is 1.95. The second-order valence-corrected chi connectivity index (χ2v) is 5.71. The van der Waals surface area contributed by atoms with Gasteiger partial charge in [-0.15, -0.1) is 0 Å². The Labute approximate surface area is 89.7 Å². The maximum atomic E-state index is 11.4. The molecule has 15 heavy (non-hydrogen) atoms. The molecule has 0 radical (unpaired) electrons. The Kier molecular flexibility index (Phi) is 5.19. The number of ether oxygens (including phenoxy) is 1. The summed E-state index contributed by atoms with van der Waals surface area (Å²) in [6, 6.07) is 0. The van der Waals surface area contributed by atoms with E-state index in [1.165, 1.54) is 21.0 Å². The molecule has 6 nitrogen and oxygen atoms in total. The number of hydrogen-bond donors (Lipinski definition) is 2. The maximum absolute atomic E-state index is 11.4. The van der Waals surface area contributed by atoms with Crippen molar-refractivity contribution in [2.24, 2.45) is 0 Å². The number of methoxy groups -OCH3 is 1. The highest BCUT2D eigenvalue weighted by Gasteiger charge is 2.27. The van der Waals surface area contributed by atoms with E-state index in [1.807, 2.05) is 0 Å². The van der Waals surface area contributed by atoms with E-state index in [0.29, 0.717) is 0 Å². The lowest BCUT2D eigenvalue weighted by Gasteiger charge is -2.23. The molecule has 90 valence electrons. The molecular formula is C8H17NO5S. The first-order valence-electron chi connectivity index (χ1n) is 4.41. The molecule has 0 atom stereocenters. The number of carboxylic acid groups (broad SMARTS) is 1. The summed E-state index contributed by atoms with van der Waals surface area (Å²) in [6.45, 7) is 3.12. The van der Waals surface area contributed by atoms with Gasteiger partial charge in [0, 0.05) is 12.6 Å². The van der Waals surface area contributed by atoms with Gasteiger partial charge in [-0.05, 0) is 13.8 Å². The number of sulfonamides is 1. The van der Waals surface area contributed by atoms with Crippen molar-refractivity contribution in [2.45, 2.75) is 25.8 Å². The number of rotatable bonds is 7. The van der Waals surface area contributed by atoms with Crippen LogP contribution in [-0.2, 0) is 19.6 Å². The van der Waals surface area contributed by atoms with Gasteiger partial charge in [0.05, 0.1) is 18.8 Å². The van der Waals surface area contributed by atoms with Gasteiger partial charge in [0.15, 0.2) is 0 Å². The fraction of sp³-hybridized carbons (Fsp3) is 0.875. The second-order valence-electron chi connectivity index (χ2n) is 3.87. The summed E-state index contributed by atoms with van der Waals surface area (Å²) in [7, 11) is -2.08. The predicted octanol–water partition coefficient (Wildman–Crippen LogP) is -0.194. The van der Waals surface area contributed by atoms with Crippen LogP contribution in [0.5, 0.6) is 0 Å². The van der Waals surface area contributed by atoms with Crippen molar-refractivity contribution < 1.29 is 23.1 Å². The minimum Gasteiger partial charge on any atom is -0.481 e. The van der Waals surface area contributed by atoms with E-state index >= 15 is 0 Å². The summed E-state index contributed by atoms with van der Waals surface area (Å²) in [4.78, 5) is 10.5. The Morgan fingerprint density at radius 2 is 2.00 bits per heavy atom. The van der Waals surface area contributed by atoms with E-state index in [2.05, 4.69) is 9.46 Å². The Morgan fingerprint density at radius 1 is 1.47 bits per heavy atom. The van der Waals surface area contributed by atoms with Crippen molar-refractivity contribution in [3.05, 3.63) is 0 Å². The molecule has 0 aromatic rings. The van der Waals surface area contributed by atoms with E-state index in [-0.39, 0.29) is 18.8 Å². The van der Waals surface area contributed by atoms with Crippen molar-refractivity contribution in [1.82, 2.24) is 4.72 Å². The third-order valence-corrected chi connectivity index (χ3v) is 3.15. The van der Waals surface area contributed by atoms with Gasteiger partial charge < -0.3 is 9.84 Å². The second kappa shape index (κ2) is 5.43. The molecule has 0 unspecified atom stereocenters. The highest BCUT2D eigenvalue weighted by Crippen LogP contribution is 2.09. The van der Waals surface area contributed by atoms with E-state index in [1.54, 1.807) is 0 Å². The molecule has 2 N–H and O–H groups in total. The van der Waals surface area contributed by atoms with Crippen molar-refractivity contribution in [1.29, 1.82) is 0 Å². The SMILES string of the molecule is COCCS(=O)(=O)NC(C)(C)CC(=O)O. The van der Waals surface area contributed by atoms with Crippen LogP contribution in [-0.4, -0.2) is 44.5 Å².